The summed E-state index contributed by atoms with van der Waals surface area (Å²) in [5.41, 5.74) is 2.75. The zero-order valence-electron chi connectivity index (χ0n) is 17.7. The largest absolute Gasteiger partial charge is 0.367 e. The van der Waals surface area contributed by atoms with Crippen LogP contribution < -0.4 is 5.32 Å². The van der Waals surface area contributed by atoms with E-state index in [4.69, 9.17) is 5.26 Å². The molecule has 2 atom stereocenters. The lowest BCUT2D eigenvalue weighted by molar-refractivity contribution is 0.0540. The number of hydrogen-bond acceptors (Lipinski definition) is 6. The summed E-state index contributed by atoms with van der Waals surface area (Å²) in [5, 5.41) is 24.4. The minimum atomic E-state index is 0.0125. The van der Waals surface area contributed by atoms with Crippen LogP contribution in [0.15, 0.2) is 48.8 Å². The molecule has 1 amide bonds. The standard InChI is InChI=1S/C23H25N7O/c1-16-6-8-20(30-12-4-10-26-30)19(13-16)23(31)29-11-3-5-17(2)21(29)15-25-22-9-7-18(14-24)27-28-22/h4,6-10,12-13,17,21H,3,5,11,15H2,1-2H3,(H,25,28)/t17-,21?/m1/s1. The van der Waals surface area contributed by atoms with Gasteiger partial charge in [-0.25, -0.2) is 4.68 Å². The molecule has 0 bridgehead atoms. The molecular formula is C23H25N7O. The van der Waals surface area contributed by atoms with Crippen molar-refractivity contribution in [2.24, 2.45) is 5.92 Å². The Balaban J connectivity index is 1.58. The second kappa shape index (κ2) is 8.96. The third-order valence-electron chi connectivity index (χ3n) is 5.78. The Morgan fingerprint density at radius 2 is 2.16 bits per heavy atom. The number of hydrogen-bond donors (Lipinski definition) is 1. The smallest absolute Gasteiger partial charge is 0.256 e. The number of likely N-dealkylation sites (tertiary alicyclic amines) is 1. The average Bonchev–Trinajstić information content (AvgIpc) is 3.32. The highest BCUT2D eigenvalue weighted by molar-refractivity contribution is 5.98. The van der Waals surface area contributed by atoms with Crippen LogP contribution >= 0.6 is 0 Å². The minimum Gasteiger partial charge on any atom is -0.367 e. The summed E-state index contributed by atoms with van der Waals surface area (Å²) >= 11 is 0. The Bertz CT molecular complexity index is 1090. The highest BCUT2D eigenvalue weighted by atomic mass is 16.2. The van der Waals surface area contributed by atoms with E-state index in [0.717, 1.165) is 24.1 Å². The molecule has 0 radical (unpaired) electrons. The lowest BCUT2D eigenvalue weighted by atomic mass is 9.89. The van der Waals surface area contributed by atoms with Gasteiger partial charge in [0.2, 0.25) is 0 Å². The molecule has 1 unspecified atom stereocenters. The van der Waals surface area contributed by atoms with Gasteiger partial charge < -0.3 is 10.2 Å². The number of carbonyl (C=O) groups is 1. The molecule has 1 aromatic carbocycles. The number of nitrogens with zero attached hydrogens (tertiary/aromatic N) is 6. The fourth-order valence-corrected chi connectivity index (χ4v) is 4.09. The molecule has 31 heavy (non-hydrogen) atoms. The first-order valence-electron chi connectivity index (χ1n) is 10.5. The van der Waals surface area contributed by atoms with Crippen molar-refractivity contribution in [1.82, 2.24) is 24.9 Å². The fourth-order valence-electron chi connectivity index (χ4n) is 4.09. The van der Waals surface area contributed by atoms with Crippen LogP contribution in [0.4, 0.5) is 5.82 Å². The second-order valence-corrected chi connectivity index (χ2v) is 7.95. The van der Waals surface area contributed by atoms with Crippen molar-refractivity contribution in [3.63, 3.8) is 0 Å². The van der Waals surface area contributed by atoms with Crippen molar-refractivity contribution in [2.75, 3.05) is 18.4 Å². The molecule has 1 saturated heterocycles. The van der Waals surface area contributed by atoms with Gasteiger partial charge in [-0.2, -0.15) is 10.4 Å². The first-order chi connectivity index (χ1) is 15.1. The number of nitriles is 1. The number of amides is 1. The molecule has 3 heterocycles. The van der Waals surface area contributed by atoms with Crippen LogP contribution in [0, 0.1) is 24.2 Å². The average molecular weight is 416 g/mol. The topological polar surface area (TPSA) is 99.7 Å². The lowest BCUT2D eigenvalue weighted by Crippen LogP contribution is -2.51. The van der Waals surface area contributed by atoms with E-state index in [0.29, 0.717) is 30.4 Å². The van der Waals surface area contributed by atoms with Gasteiger partial charge in [0.15, 0.2) is 5.69 Å². The maximum Gasteiger partial charge on any atom is 0.256 e. The van der Waals surface area contributed by atoms with Crippen LogP contribution in [0.5, 0.6) is 0 Å². The van der Waals surface area contributed by atoms with E-state index < -0.39 is 0 Å². The Labute approximate surface area is 181 Å². The molecule has 4 rings (SSSR count). The van der Waals surface area contributed by atoms with Crippen LogP contribution in [0.1, 0.15) is 41.4 Å². The lowest BCUT2D eigenvalue weighted by Gasteiger charge is -2.40. The fraction of sp³-hybridized carbons (Fsp3) is 0.348. The normalized spacial score (nSPS) is 18.4. The van der Waals surface area contributed by atoms with Crippen LogP contribution in [0.3, 0.4) is 0 Å². The predicted molar refractivity (Wildman–Crippen MR) is 117 cm³/mol. The summed E-state index contributed by atoms with van der Waals surface area (Å²) in [7, 11) is 0. The number of rotatable bonds is 5. The maximum absolute atomic E-state index is 13.7. The molecule has 1 aliphatic rings. The molecule has 1 N–H and O–H groups in total. The van der Waals surface area contributed by atoms with Gasteiger partial charge in [-0.05, 0) is 56.0 Å². The van der Waals surface area contributed by atoms with E-state index in [9.17, 15) is 4.79 Å². The summed E-state index contributed by atoms with van der Waals surface area (Å²) in [4.78, 5) is 15.7. The quantitative estimate of drug-likeness (QED) is 0.687. The van der Waals surface area contributed by atoms with Gasteiger partial charge >= 0.3 is 0 Å². The third-order valence-corrected chi connectivity index (χ3v) is 5.78. The van der Waals surface area contributed by atoms with Gasteiger partial charge in [-0.1, -0.05) is 18.6 Å². The zero-order valence-corrected chi connectivity index (χ0v) is 17.7. The Kier molecular flexibility index (Phi) is 5.94. The molecule has 3 aromatic rings. The molecule has 8 heteroatoms. The minimum absolute atomic E-state index is 0.0125. The van der Waals surface area contributed by atoms with E-state index in [1.807, 2.05) is 48.4 Å². The van der Waals surface area contributed by atoms with Gasteiger partial charge in [0, 0.05) is 25.5 Å². The number of anilines is 1. The molecule has 1 fully saturated rings. The number of aryl methyl sites for hydroxylation is 1. The van der Waals surface area contributed by atoms with E-state index in [1.165, 1.54) is 0 Å². The Morgan fingerprint density at radius 3 is 2.87 bits per heavy atom. The maximum atomic E-state index is 13.7. The zero-order chi connectivity index (χ0) is 21.8. The summed E-state index contributed by atoms with van der Waals surface area (Å²) < 4.78 is 1.74. The van der Waals surface area contributed by atoms with Crippen molar-refractivity contribution >= 4 is 11.7 Å². The molecule has 0 aliphatic carbocycles. The van der Waals surface area contributed by atoms with Crippen molar-refractivity contribution in [3.8, 4) is 11.8 Å². The van der Waals surface area contributed by atoms with Crippen molar-refractivity contribution in [2.45, 2.75) is 32.7 Å². The van der Waals surface area contributed by atoms with Gasteiger partial charge in [0.25, 0.3) is 5.91 Å². The molecular weight excluding hydrogens is 390 g/mol. The van der Waals surface area contributed by atoms with Crippen LogP contribution in [-0.4, -0.2) is 49.9 Å². The van der Waals surface area contributed by atoms with Crippen molar-refractivity contribution in [1.29, 1.82) is 5.26 Å². The molecule has 158 valence electrons. The Morgan fingerprint density at radius 1 is 1.29 bits per heavy atom. The highest BCUT2D eigenvalue weighted by Crippen LogP contribution is 2.27. The Hall–Kier alpha value is -3.73. The second-order valence-electron chi connectivity index (χ2n) is 7.95. The van der Waals surface area contributed by atoms with Gasteiger partial charge in [0.05, 0.1) is 17.3 Å². The van der Waals surface area contributed by atoms with Crippen molar-refractivity contribution < 1.29 is 4.79 Å². The van der Waals surface area contributed by atoms with E-state index in [1.54, 1.807) is 23.0 Å². The van der Waals surface area contributed by atoms with Gasteiger partial charge in [0.1, 0.15) is 11.9 Å². The molecule has 8 nitrogen and oxygen atoms in total. The first-order valence-corrected chi connectivity index (χ1v) is 10.5. The number of carbonyl (C=O) groups excluding carboxylic acids is 1. The highest BCUT2D eigenvalue weighted by Gasteiger charge is 2.33. The van der Waals surface area contributed by atoms with E-state index in [2.05, 4.69) is 27.5 Å². The van der Waals surface area contributed by atoms with E-state index in [-0.39, 0.29) is 17.6 Å². The monoisotopic (exact) mass is 415 g/mol. The summed E-state index contributed by atoms with van der Waals surface area (Å²) in [6.07, 6.45) is 5.60. The number of benzene rings is 1. The molecule has 0 saturated carbocycles. The van der Waals surface area contributed by atoms with Crippen LogP contribution in [-0.2, 0) is 0 Å². The van der Waals surface area contributed by atoms with Crippen LogP contribution in [0.25, 0.3) is 5.69 Å². The number of nitrogens with one attached hydrogen (secondary N) is 1. The molecule has 2 aromatic heterocycles. The first kappa shape index (κ1) is 20.5. The van der Waals surface area contributed by atoms with Gasteiger partial charge in [-0.15, -0.1) is 10.2 Å². The number of piperidine rings is 1. The summed E-state index contributed by atoms with van der Waals surface area (Å²) in [5.74, 6) is 0.949. The SMILES string of the molecule is Cc1ccc(-n2cccn2)c(C(=O)N2CCC[C@@H](C)C2CNc2ccc(C#N)nn2)c1. The van der Waals surface area contributed by atoms with E-state index >= 15 is 0 Å². The summed E-state index contributed by atoms with van der Waals surface area (Å²) in [6, 6.07) is 13.1. The van der Waals surface area contributed by atoms with Gasteiger partial charge in [-0.3, -0.25) is 4.79 Å². The molecule has 1 aliphatic heterocycles. The van der Waals surface area contributed by atoms with Crippen molar-refractivity contribution in [3.05, 3.63) is 65.6 Å². The third kappa shape index (κ3) is 4.40. The van der Waals surface area contributed by atoms with Crippen LogP contribution in [0.2, 0.25) is 0 Å². The predicted octanol–water partition coefficient (Wildman–Crippen LogP) is 3.20. The summed E-state index contributed by atoms with van der Waals surface area (Å²) in [6.45, 7) is 5.45. The number of aromatic nitrogens is 4. The molecule has 0 spiro atoms.